The van der Waals surface area contributed by atoms with Gasteiger partial charge in [-0.2, -0.15) is 0 Å². The van der Waals surface area contributed by atoms with Crippen LogP contribution in [0.25, 0.3) is 0 Å². The molecule has 0 amide bonds. The number of carbonyl (C=O) groups is 2. The van der Waals surface area contributed by atoms with Gasteiger partial charge in [0.1, 0.15) is 6.10 Å². The van der Waals surface area contributed by atoms with Crippen molar-refractivity contribution in [1.82, 2.24) is 0 Å². The summed E-state index contributed by atoms with van der Waals surface area (Å²) in [7, 11) is 0. The fraction of sp³-hybridized carbons (Fsp3) is 0.926. The Bertz CT molecular complexity index is 839. The second-order valence-electron chi connectivity index (χ2n) is 14.3. The average Bonchev–Trinajstić information content (AvgIpc) is 3.24. The molecular formula is C27H40O4. The van der Waals surface area contributed by atoms with Crippen molar-refractivity contribution in [3.63, 3.8) is 0 Å². The summed E-state index contributed by atoms with van der Waals surface area (Å²) in [6.45, 7) is 14.2. The lowest BCUT2D eigenvalue weighted by Gasteiger charge is -2.47. The van der Waals surface area contributed by atoms with E-state index in [0.29, 0.717) is 42.6 Å². The maximum absolute atomic E-state index is 13.7. The Labute approximate surface area is 187 Å². The molecule has 1 aliphatic heterocycles. The number of ether oxygens (including phenoxy) is 2. The lowest BCUT2D eigenvalue weighted by Crippen LogP contribution is -2.48. The molecule has 1 spiro atoms. The van der Waals surface area contributed by atoms with Crippen molar-refractivity contribution in [3.05, 3.63) is 0 Å². The van der Waals surface area contributed by atoms with Gasteiger partial charge in [0.25, 0.3) is 0 Å². The molecule has 1 saturated heterocycles. The first-order chi connectivity index (χ1) is 14.4. The van der Waals surface area contributed by atoms with Crippen LogP contribution in [0, 0.1) is 63.1 Å². The fourth-order valence-electron chi connectivity index (χ4n) is 9.93. The monoisotopic (exact) mass is 428 g/mol. The Kier molecular flexibility index (Phi) is 3.90. The van der Waals surface area contributed by atoms with Gasteiger partial charge in [0, 0.05) is 5.41 Å². The zero-order valence-corrected chi connectivity index (χ0v) is 20.2. The molecule has 5 aliphatic carbocycles. The number of esters is 2. The predicted molar refractivity (Wildman–Crippen MR) is 117 cm³/mol. The van der Waals surface area contributed by atoms with Gasteiger partial charge in [-0.05, 0) is 84.4 Å². The Morgan fingerprint density at radius 2 is 1.87 bits per heavy atom. The van der Waals surface area contributed by atoms with Gasteiger partial charge in [-0.15, -0.1) is 0 Å². The molecule has 10 unspecified atom stereocenters. The molecule has 0 radical (unpaired) electrons. The van der Waals surface area contributed by atoms with Crippen molar-refractivity contribution >= 4 is 11.9 Å². The fourth-order valence-corrected chi connectivity index (χ4v) is 9.93. The van der Waals surface area contributed by atoms with Crippen molar-refractivity contribution in [2.45, 2.75) is 86.2 Å². The summed E-state index contributed by atoms with van der Waals surface area (Å²) in [6, 6.07) is 0. The van der Waals surface area contributed by atoms with Crippen LogP contribution in [0.1, 0.15) is 80.1 Å². The van der Waals surface area contributed by atoms with Crippen molar-refractivity contribution in [3.8, 4) is 0 Å². The van der Waals surface area contributed by atoms with Crippen molar-refractivity contribution in [2.24, 2.45) is 63.1 Å². The van der Waals surface area contributed by atoms with E-state index in [4.69, 9.17) is 9.47 Å². The van der Waals surface area contributed by atoms with Crippen LogP contribution >= 0.6 is 0 Å². The van der Waals surface area contributed by atoms with E-state index >= 15 is 0 Å². The molecule has 10 atom stereocenters. The van der Waals surface area contributed by atoms with Crippen LogP contribution in [0.2, 0.25) is 0 Å². The summed E-state index contributed by atoms with van der Waals surface area (Å²) in [4.78, 5) is 25.7. The van der Waals surface area contributed by atoms with Gasteiger partial charge in [0.2, 0.25) is 0 Å². The maximum atomic E-state index is 13.7. The number of hydrogen-bond acceptors (Lipinski definition) is 4. The van der Waals surface area contributed by atoms with Gasteiger partial charge >= 0.3 is 11.9 Å². The highest BCUT2D eigenvalue weighted by Crippen LogP contribution is 2.75. The van der Waals surface area contributed by atoms with Crippen molar-refractivity contribution in [1.29, 1.82) is 0 Å². The van der Waals surface area contributed by atoms with E-state index in [1.807, 2.05) is 0 Å². The summed E-state index contributed by atoms with van der Waals surface area (Å²) in [5.74, 6) is 4.52. The third kappa shape index (κ3) is 2.60. The van der Waals surface area contributed by atoms with E-state index in [2.05, 4.69) is 41.5 Å². The minimum atomic E-state index is -0.312. The minimum Gasteiger partial charge on any atom is -0.465 e. The first kappa shape index (κ1) is 20.5. The molecule has 0 aromatic carbocycles. The van der Waals surface area contributed by atoms with E-state index in [9.17, 15) is 9.59 Å². The van der Waals surface area contributed by atoms with Gasteiger partial charge in [0.15, 0.2) is 0 Å². The van der Waals surface area contributed by atoms with Crippen molar-refractivity contribution < 1.29 is 19.1 Å². The highest BCUT2D eigenvalue weighted by Gasteiger charge is 2.73. The number of fused-ring (bicyclic) bond motifs is 10. The normalized spacial score (nSPS) is 53.2. The van der Waals surface area contributed by atoms with Gasteiger partial charge in [0.05, 0.1) is 18.4 Å². The molecule has 31 heavy (non-hydrogen) atoms. The molecule has 172 valence electrons. The van der Waals surface area contributed by atoms with Crippen molar-refractivity contribution in [2.75, 3.05) is 6.61 Å². The Hall–Kier alpha value is -1.06. The van der Waals surface area contributed by atoms with Crippen LogP contribution in [0.4, 0.5) is 0 Å². The standard InChI is InChI=1S/C27H40O4/c1-14-16-8-17(21-18-7-15(20(16)21)9-26(18)10-19(28)30-13-26)22(14)31-23(29)27(11-24(2,3)4)12-25(27,5)6/h14-18,20-22H,7-13H2,1-6H3. The summed E-state index contributed by atoms with van der Waals surface area (Å²) < 4.78 is 12.0. The average molecular weight is 429 g/mol. The lowest BCUT2D eigenvalue weighted by atomic mass is 9.58. The van der Waals surface area contributed by atoms with E-state index in [-0.39, 0.29) is 39.7 Å². The molecule has 1 heterocycles. The molecule has 4 bridgehead atoms. The van der Waals surface area contributed by atoms with Crippen LogP contribution in [-0.4, -0.2) is 24.6 Å². The summed E-state index contributed by atoms with van der Waals surface area (Å²) in [5, 5.41) is 0. The lowest BCUT2D eigenvalue weighted by molar-refractivity contribution is -0.169. The topological polar surface area (TPSA) is 52.6 Å². The molecular weight excluding hydrogens is 388 g/mol. The molecule has 0 aromatic rings. The third-order valence-corrected chi connectivity index (χ3v) is 11.0. The third-order valence-electron chi connectivity index (χ3n) is 11.0. The van der Waals surface area contributed by atoms with Crippen LogP contribution in [-0.2, 0) is 19.1 Å². The Balaban J connectivity index is 1.24. The predicted octanol–water partition coefficient (Wildman–Crippen LogP) is 5.24. The summed E-state index contributed by atoms with van der Waals surface area (Å²) >= 11 is 0. The van der Waals surface area contributed by atoms with Gasteiger partial charge in [-0.3, -0.25) is 9.59 Å². The van der Waals surface area contributed by atoms with E-state index in [1.54, 1.807) is 0 Å². The number of rotatable bonds is 3. The quantitative estimate of drug-likeness (QED) is 0.455. The highest BCUT2D eigenvalue weighted by molar-refractivity contribution is 5.82. The van der Waals surface area contributed by atoms with E-state index < -0.39 is 0 Å². The van der Waals surface area contributed by atoms with Crippen LogP contribution in [0.15, 0.2) is 0 Å². The first-order valence-electron chi connectivity index (χ1n) is 12.7. The molecule has 5 saturated carbocycles. The Morgan fingerprint density at radius 1 is 1.16 bits per heavy atom. The van der Waals surface area contributed by atoms with E-state index in [0.717, 1.165) is 24.7 Å². The number of cyclic esters (lactones) is 1. The maximum Gasteiger partial charge on any atom is 0.312 e. The minimum absolute atomic E-state index is 0.00342. The molecule has 0 aromatic heterocycles. The Morgan fingerprint density at radius 3 is 2.45 bits per heavy atom. The molecule has 4 nitrogen and oxygen atoms in total. The van der Waals surface area contributed by atoms with Gasteiger partial charge in [-0.1, -0.05) is 41.5 Å². The smallest absolute Gasteiger partial charge is 0.312 e. The van der Waals surface area contributed by atoms with Crippen LogP contribution < -0.4 is 0 Å². The van der Waals surface area contributed by atoms with Crippen LogP contribution in [0.5, 0.6) is 0 Å². The number of carbonyl (C=O) groups excluding carboxylic acids is 2. The number of hydrogen-bond donors (Lipinski definition) is 0. The zero-order valence-electron chi connectivity index (χ0n) is 20.2. The van der Waals surface area contributed by atoms with Crippen LogP contribution in [0.3, 0.4) is 0 Å². The SMILES string of the molecule is CC1C2CC(C1OC(=O)C1(CC(C)(C)C)CC1(C)C)C1C2C2CC1C1(COC(=O)C1)C2. The first-order valence-corrected chi connectivity index (χ1v) is 12.7. The summed E-state index contributed by atoms with van der Waals surface area (Å²) in [6.07, 6.45) is 6.23. The van der Waals surface area contributed by atoms with E-state index in [1.165, 1.54) is 19.3 Å². The van der Waals surface area contributed by atoms with Gasteiger partial charge < -0.3 is 9.47 Å². The largest absolute Gasteiger partial charge is 0.465 e. The zero-order chi connectivity index (χ0) is 22.1. The molecule has 4 heteroatoms. The molecule has 6 aliphatic rings. The highest BCUT2D eigenvalue weighted by atomic mass is 16.5. The molecule has 6 fully saturated rings. The molecule has 6 rings (SSSR count). The van der Waals surface area contributed by atoms with Gasteiger partial charge in [-0.25, -0.2) is 0 Å². The summed E-state index contributed by atoms with van der Waals surface area (Å²) in [5.41, 5.74) is -0.0616. The molecule has 0 N–H and O–H groups in total. The second kappa shape index (κ2) is 5.89. The second-order valence-corrected chi connectivity index (χ2v) is 14.3.